The molecule has 0 spiro atoms. The van der Waals surface area contributed by atoms with Gasteiger partial charge < -0.3 is 0 Å². The van der Waals surface area contributed by atoms with E-state index in [1.165, 1.54) is 31.3 Å². The van der Waals surface area contributed by atoms with Crippen LogP contribution in [0.1, 0.15) is 46.0 Å². The first-order chi connectivity index (χ1) is 5.26. The molecule has 1 radical (unpaired) electrons. The van der Waals surface area contributed by atoms with Crippen LogP contribution >= 0.6 is 0 Å². The highest BCUT2D eigenvalue weighted by Crippen LogP contribution is 2.21. The van der Waals surface area contributed by atoms with Gasteiger partial charge in [-0.3, -0.25) is 0 Å². The van der Waals surface area contributed by atoms with Gasteiger partial charge in [0.25, 0.3) is 0 Å². The molecule has 65 valence electrons. The Bertz CT molecular complexity index is 98.6. The number of allylic oxidation sites excluding steroid dienone is 1. The van der Waals surface area contributed by atoms with Crippen LogP contribution in [-0.2, 0) is 0 Å². The van der Waals surface area contributed by atoms with Crippen molar-refractivity contribution in [1.29, 1.82) is 0 Å². The molecule has 0 saturated heterocycles. The SMILES string of the molecule is [CH2]CCCC(=C)C(CC)CC. The molecule has 0 atom stereocenters. The van der Waals surface area contributed by atoms with E-state index in [4.69, 9.17) is 0 Å². The fourth-order valence-corrected chi connectivity index (χ4v) is 1.42. The molecule has 0 bridgehead atoms. The average molecular weight is 153 g/mol. The van der Waals surface area contributed by atoms with Gasteiger partial charge in [0.05, 0.1) is 0 Å². The monoisotopic (exact) mass is 153 g/mol. The molecule has 0 amide bonds. The van der Waals surface area contributed by atoms with Crippen molar-refractivity contribution in [3.63, 3.8) is 0 Å². The van der Waals surface area contributed by atoms with E-state index in [2.05, 4.69) is 27.4 Å². The highest BCUT2D eigenvalue weighted by molar-refractivity contribution is 4.99. The van der Waals surface area contributed by atoms with Gasteiger partial charge in [-0.05, 0) is 31.6 Å². The minimum atomic E-state index is 0.751. The largest absolute Gasteiger partial charge is 0.0996 e. The molecule has 0 aliphatic carbocycles. The lowest BCUT2D eigenvalue weighted by Crippen LogP contribution is -2.00. The Morgan fingerprint density at radius 1 is 1.27 bits per heavy atom. The lowest BCUT2D eigenvalue weighted by molar-refractivity contribution is 0.545. The van der Waals surface area contributed by atoms with Gasteiger partial charge in [0.1, 0.15) is 0 Å². The van der Waals surface area contributed by atoms with Crippen LogP contribution in [0.4, 0.5) is 0 Å². The summed E-state index contributed by atoms with van der Waals surface area (Å²) in [4.78, 5) is 0. The van der Waals surface area contributed by atoms with Gasteiger partial charge >= 0.3 is 0 Å². The first kappa shape index (κ1) is 10.7. The van der Waals surface area contributed by atoms with E-state index in [0.717, 1.165) is 12.3 Å². The predicted octanol–water partition coefficient (Wildman–Crippen LogP) is 3.98. The third-order valence-electron chi connectivity index (χ3n) is 2.31. The molecule has 0 fully saturated rings. The molecular weight excluding hydrogens is 132 g/mol. The summed E-state index contributed by atoms with van der Waals surface area (Å²) in [5, 5.41) is 0. The van der Waals surface area contributed by atoms with Gasteiger partial charge in [-0.1, -0.05) is 39.3 Å². The van der Waals surface area contributed by atoms with Crippen molar-refractivity contribution >= 4 is 0 Å². The van der Waals surface area contributed by atoms with Crippen LogP contribution in [0.3, 0.4) is 0 Å². The van der Waals surface area contributed by atoms with Crippen LogP contribution in [0, 0.1) is 12.8 Å². The predicted molar refractivity (Wildman–Crippen MR) is 52.4 cm³/mol. The van der Waals surface area contributed by atoms with Gasteiger partial charge in [0, 0.05) is 0 Å². The zero-order valence-electron chi connectivity index (χ0n) is 8.03. The van der Waals surface area contributed by atoms with Crippen LogP contribution in [0.25, 0.3) is 0 Å². The zero-order chi connectivity index (χ0) is 8.69. The first-order valence-corrected chi connectivity index (χ1v) is 4.73. The second-order valence-corrected chi connectivity index (χ2v) is 3.13. The molecular formula is C11H21. The number of hydrogen-bond acceptors (Lipinski definition) is 0. The van der Waals surface area contributed by atoms with Crippen molar-refractivity contribution < 1.29 is 0 Å². The maximum absolute atomic E-state index is 4.11. The van der Waals surface area contributed by atoms with E-state index in [1.54, 1.807) is 0 Å². The molecule has 0 aromatic rings. The molecule has 11 heavy (non-hydrogen) atoms. The highest BCUT2D eigenvalue weighted by atomic mass is 14.1. The summed E-state index contributed by atoms with van der Waals surface area (Å²) < 4.78 is 0. The Morgan fingerprint density at radius 2 is 1.82 bits per heavy atom. The molecule has 0 heteroatoms. The maximum atomic E-state index is 4.11. The minimum Gasteiger partial charge on any atom is -0.0996 e. The molecule has 0 rings (SSSR count). The van der Waals surface area contributed by atoms with E-state index in [-0.39, 0.29) is 0 Å². The first-order valence-electron chi connectivity index (χ1n) is 4.73. The average Bonchev–Trinajstić information content (AvgIpc) is 2.03. The molecule has 0 N–H and O–H groups in total. The Kier molecular flexibility index (Phi) is 6.30. The lowest BCUT2D eigenvalue weighted by atomic mass is 9.91. The molecule has 0 aliphatic heterocycles. The summed E-state index contributed by atoms with van der Waals surface area (Å²) in [5.41, 5.74) is 1.43. The van der Waals surface area contributed by atoms with E-state index >= 15 is 0 Å². The summed E-state index contributed by atoms with van der Waals surface area (Å²) in [6.07, 6.45) is 5.91. The highest BCUT2D eigenvalue weighted by Gasteiger charge is 2.06. The van der Waals surface area contributed by atoms with Crippen molar-refractivity contribution in [2.24, 2.45) is 5.92 Å². The van der Waals surface area contributed by atoms with Crippen molar-refractivity contribution in [2.75, 3.05) is 0 Å². The molecule has 0 heterocycles. The van der Waals surface area contributed by atoms with Crippen LogP contribution in [0.5, 0.6) is 0 Å². The van der Waals surface area contributed by atoms with Gasteiger partial charge in [0.2, 0.25) is 0 Å². The summed E-state index contributed by atoms with van der Waals surface area (Å²) >= 11 is 0. The van der Waals surface area contributed by atoms with Gasteiger partial charge in [-0.2, -0.15) is 0 Å². The molecule has 0 aromatic heterocycles. The van der Waals surface area contributed by atoms with E-state index < -0.39 is 0 Å². The Hall–Kier alpha value is -0.260. The maximum Gasteiger partial charge on any atom is -0.0211 e. The van der Waals surface area contributed by atoms with Crippen LogP contribution in [0.15, 0.2) is 12.2 Å². The second kappa shape index (κ2) is 6.45. The summed E-state index contributed by atoms with van der Waals surface area (Å²) in [7, 11) is 0. The summed E-state index contributed by atoms with van der Waals surface area (Å²) in [6.45, 7) is 12.4. The quantitative estimate of drug-likeness (QED) is 0.506. The van der Waals surface area contributed by atoms with E-state index in [0.29, 0.717) is 0 Å². The molecule has 0 aromatic carbocycles. The summed E-state index contributed by atoms with van der Waals surface area (Å²) in [5.74, 6) is 0.751. The topological polar surface area (TPSA) is 0 Å². The van der Waals surface area contributed by atoms with Gasteiger partial charge in [0.15, 0.2) is 0 Å². The third-order valence-corrected chi connectivity index (χ3v) is 2.31. The molecule has 0 saturated carbocycles. The zero-order valence-corrected chi connectivity index (χ0v) is 8.03. The van der Waals surface area contributed by atoms with Crippen LogP contribution < -0.4 is 0 Å². The molecule has 0 unspecified atom stereocenters. The fourth-order valence-electron chi connectivity index (χ4n) is 1.42. The Balaban J connectivity index is 3.61. The van der Waals surface area contributed by atoms with E-state index in [1.807, 2.05) is 0 Å². The smallest absolute Gasteiger partial charge is 0.0211 e. The Labute approximate surface area is 71.7 Å². The van der Waals surface area contributed by atoms with Crippen molar-refractivity contribution in [3.8, 4) is 0 Å². The minimum absolute atomic E-state index is 0.751. The lowest BCUT2D eigenvalue weighted by Gasteiger charge is -2.14. The number of rotatable bonds is 6. The van der Waals surface area contributed by atoms with Crippen molar-refractivity contribution in [1.82, 2.24) is 0 Å². The van der Waals surface area contributed by atoms with Gasteiger partial charge in [-0.15, -0.1) is 0 Å². The Morgan fingerprint density at radius 3 is 2.18 bits per heavy atom. The van der Waals surface area contributed by atoms with Crippen LogP contribution in [-0.4, -0.2) is 0 Å². The second-order valence-electron chi connectivity index (χ2n) is 3.13. The summed E-state index contributed by atoms with van der Waals surface area (Å²) in [6, 6.07) is 0. The van der Waals surface area contributed by atoms with Crippen molar-refractivity contribution in [2.45, 2.75) is 46.0 Å². The van der Waals surface area contributed by atoms with E-state index in [9.17, 15) is 0 Å². The molecule has 0 nitrogen and oxygen atoms in total. The molecule has 0 aliphatic rings. The number of unbranched alkanes of at least 4 members (excludes halogenated alkanes) is 1. The normalized spacial score (nSPS) is 10.5. The van der Waals surface area contributed by atoms with Gasteiger partial charge in [-0.25, -0.2) is 0 Å². The van der Waals surface area contributed by atoms with Crippen LogP contribution in [0.2, 0.25) is 0 Å². The number of hydrogen-bond donors (Lipinski definition) is 0. The van der Waals surface area contributed by atoms with Crippen molar-refractivity contribution in [3.05, 3.63) is 19.1 Å². The fraction of sp³-hybridized carbons (Fsp3) is 0.727. The standard InChI is InChI=1S/C11H21/c1-5-8-9-10(4)11(6-2)7-3/h11H,1,4-9H2,2-3H3. The third kappa shape index (κ3) is 4.23.